The third kappa shape index (κ3) is 12.5. The van der Waals surface area contributed by atoms with Gasteiger partial charge in [0.1, 0.15) is 32.8 Å². The Morgan fingerprint density at radius 3 is 1.55 bits per heavy atom. The Bertz CT molecular complexity index is 1960. The predicted molar refractivity (Wildman–Crippen MR) is 200 cm³/mol. The van der Waals surface area contributed by atoms with Crippen LogP contribution in [0.1, 0.15) is 12.8 Å². The molecule has 7 N–H and O–H groups in total. The number of nitriles is 2. The van der Waals surface area contributed by atoms with Crippen LogP contribution in [0.4, 0.5) is 9.59 Å². The van der Waals surface area contributed by atoms with E-state index in [1.54, 1.807) is 12.1 Å². The van der Waals surface area contributed by atoms with Crippen LogP contribution in [0.25, 0.3) is 0 Å². The van der Waals surface area contributed by atoms with E-state index in [9.17, 15) is 36.9 Å². The number of urea groups is 2. The second kappa shape index (κ2) is 21.0. The zero-order valence-electron chi connectivity index (χ0n) is 31.6. The third-order valence-corrected chi connectivity index (χ3v) is 11.7. The third-order valence-electron chi connectivity index (χ3n) is 8.65. The van der Waals surface area contributed by atoms with Crippen LogP contribution >= 0.6 is 0 Å². The van der Waals surface area contributed by atoms with Gasteiger partial charge in [0.2, 0.25) is 20.0 Å². The number of carbonyl (C=O) groups excluding carboxylic acids is 2. The highest BCUT2D eigenvalue weighted by atomic mass is 32.2. The minimum Gasteiger partial charge on any atom is -0.497 e. The van der Waals surface area contributed by atoms with Gasteiger partial charge in [-0.25, -0.2) is 35.9 Å². The zero-order chi connectivity index (χ0) is 41.5. The second-order valence-electron chi connectivity index (χ2n) is 12.3. The van der Waals surface area contributed by atoms with Crippen molar-refractivity contribution in [2.45, 2.75) is 46.8 Å². The van der Waals surface area contributed by atoms with E-state index in [1.807, 2.05) is 12.4 Å². The summed E-state index contributed by atoms with van der Waals surface area (Å²) in [7, 11) is -0.669. The van der Waals surface area contributed by atoms with Gasteiger partial charge < -0.3 is 55.2 Å². The highest BCUT2D eigenvalue weighted by molar-refractivity contribution is 7.90. The Kier molecular flexibility index (Phi) is 16.9. The molecule has 56 heavy (non-hydrogen) atoms. The summed E-state index contributed by atoms with van der Waals surface area (Å²) in [5, 5.41) is 26.3. The Morgan fingerprint density at radius 1 is 0.732 bits per heavy atom. The summed E-state index contributed by atoms with van der Waals surface area (Å²) < 4.78 is 81.9. The van der Waals surface area contributed by atoms with Crippen LogP contribution in [0.5, 0.6) is 23.0 Å². The summed E-state index contributed by atoms with van der Waals surface area (Å²) in [6, 6.07) is 6.19. The first-order valence-corrected chi connectivity index (χ1v) is 20.0. The molecule has 0 radical (unpaired) electrons. The summed E-state index contributed by atoms with van der Waals surface area (Å²) in [5.74, 6) is 1.12. The molecule has 2 fully saturated rings. The number of sulfonamides is 2. The number of methoxy groups -OCH3 is 5. The number of hydrogen-bond donors (Lipinski definition) is 6. The molecule has 2 aliphatic rings. The maximum Gasteiger partial charge on any atom is 0.314 e. The van der Waals surface area contributed by atoms with Crippen molar-refractivity contribution >= 4 is 32.1 Å². The summed E-state index contributed by atoms with van der Waals surface area (Å²) in [4.78, 5) is 25.4. The molecular formula is C33H48N10O11S2. The lowest BCUT2D eigenvalue weighted by atomic mass is 10.2. The summed E-state index contributed by atoms with van der Waals surface area (Å²) in [6.07, 6.45) is 4.75. The maximum atomic E-state index is 12.9. The molecule has 23 heteroatoms. The SMILES string of the molecule is COCCNC(=O)NC[C@H]1C[C@@H](NS(=O)(=O)c2cc(OC)ccc2OC)CN1C#N.COc1ccc(OC)c(S(=O)(=O)N[C@@H]2C[C@H](CNC(N)=O)N(C#N)C2)c1. The van der Waals surface area contributed by atoms with Crippen molar-refractivity contribution in [1.82, 2.24) is 35.2 Å². The number of likely N-dealkylation sites (tertiary alicyclic amines) is 2. The van der Waals surface area contributed by atoms with Crippen LogP contribution in [0.15, 0.2) is 46.2 Å². The van der Waals surface area contributed by atoms with E-state index in [0.29, 0.717) is 37.5 Å². The Labute approximate surface area is 326 Å². The average Bonchev–Trinajstić information content (AvgIpc) is 3.77. The molecule has 0 spiro atoms. The normalized spacial score (nSPS) is 19.1. The van der Waals surface area contributed by atoms with E-state index in [4.69, 9.17) is 29.4 Å². The number of carbonyl (C=O) groups is 2. The van der Waals surface area contributed by atoms with Crippen molar-refractivity contribution in [2.75, 3.05) is 74.9 Å². The standard InChI is InChI=1S/C18H27N5O6S.C15H21N5O5S/c1-27-7-6-20-18(24)21-10-14-8-13(11-23(14)12-19)22-30(25,26)17-9-15(28-2)4-5-16(17)29-3;1-24-12-3-4-13(25-2)14(6-12)26(22,23)19-10-5-11(7-18-15(17)21)20(8-10)9-16/h4-5,9,13-14,22H,6-8,10-11H2,1-3H3,(H2,20,21,24);3-4,6,10-11,19H,5,7-8H2,1-2H3,(H3,17,18,21)/t13-,14-;10-,11-/m11/s1. The molecule has 2 aromatic carbocycles. The van der Waals surface area contributed by atoms with Crippen molar-refractivity contribution < 1.29 is 50.1 Å². The molecular weight excluding hydrogens is 777 g/mol. The Hall–Kier alpha value is -5.46. The van der Waals surface area contributed by atoms with Crippen molar-refractivity contribution in [3.63, 3.8) is 0 Å². The second-order valence-corrected chi connectivity index (χ2v) is 15.7. The molecule has 0 aliphatic carbocycles. The number of benzene rings is 2. The van der Waals surface area contributed by atoms with Gasteiger partial charge in [-0.1, -0.05) is 0 Å². The fourth-order valence-corrected chi connectivity index (χ4v) is 8.80. The molecule has 2 aromatic rings. The number of amides is 4. The van der Waals surface area contributed by atoms with Crippen LogP contribution in [0, 0.1) is 22.9 Å². The Balaban J connectivity index is 0.000000303. The van der Waals surface area contributed by atoms with Gasteiger partial charge in [0, 0.05) is 64.0 Å². The van der Waals surface area contributed by atoms with Crippen molar-refractivity contribution in [3.8, 4) is 35.4 Å². The smallest absolute Gasteiger partial charge is 0.314 e. The van der Waals surface area contributed by atoms with E-state index < -0.39 is 38.2 Å². The molecule has 0 unspecified atom stereocenters. The molecule has 2 saturated heterocycles. The molecule has 21 nitrogen and oxygen atoms in total. The fraction of sp³-hybridized carbons (Fsp3) is 0.515. The van der Waals surface area contributed by atoms with Gasteiger partial charge in [0.05, 0.1) is 47.1 Å². The number of nitrogens with zero attached hydrogens (tertiary/aromatic N) is 4. The maximum absolute atomic E-state index is 12.9. The Morgan fingerprint density at radius 2 is 1.18 bits per heavy atom. The number of nitrogens with two attached hydrogens (primary N) is 1. The van der Waals surface area contributed by atoms with Gasteiger partial charge in [-0.15, -0.1) is 0 Å². The quantitative estimate of drug-likeness (QED) is 0.0860. The van der Waals surface area contributed by atoms with Gasteiger partial charge in [0.25, 0.3) is 0 Å². The monoisotopic (exact) mass is 824 g/mol. The molecule has 2 aliphatic heterocycles. The topological polar surface area (TPSA) is 289 Å². The molecule has 4 rings (SSSR count). The number of ether oxygens (including phenoxy) is 5. The summed E-state index contributed by atoms with van der Waals surface area (Å²) in [5.41, 5.74) is 5.04. The van der Waals surface area contributed by atoms with Crippen molar-refractivity contribution in [1.29, 1.82) is 10.5 Å². The van der Waals surface area contributed by atoms with E-state index in [2.05, 4.69) is 25.4 Å². The predicted octanol–water partition coefficient (Wildman–Crippen LogP) is -0.574. The van der Waals surface area contributed by atoms with Crippen LogP contribution in [-0.4, -0.2) is 138 Å². The van der Waals surface area contributed by atoms with Gasteiger partial charge >= 0.3 is 12.1 Å². The number of rotatable bonds is 17. The summed E-state index contributed by atoms with van der Waals surface area (Å²) >= 11 is 0. The summed E-state index contributed by atoms with van der Waals surface area (Å²) in [6.45, 7) is 1.49. The van der Waals surface area contributed by atoms with Crippen LogP contribution in [-0.2, 0) is 24.8 Å². The van der Waals surface area contributed by atoms with Gasteiger partial charge in [-0.3, -0.25) is 0 Å². The largest absolute Gasteiger partial charge is 0.497 e. The van der Waals surface area contributed by atoms with Crippen LogP contribution in [0.3, 0.4) is 0 Å². The molecule has 0 saturated carbocycles. The first kappa shape index (κ1) is 44.9. The number of nitrogens with one attached hydrogen (secondary N) is 5. The van der Waals surface area contributed by atoms with E-state index >= 15 is 0 Å². The fourth-order valence-electron chi connectivity index (χ4n) is 5.95. The van der Waals surface area contributed by atoms with Crippen LogP contribution < -0.4 is 50.1 Å². The van der Waals surface area contributed by atoms with Gasteiger partial charge in [0.15, 0.2) is 12.4 Å². The average molecular weight is 825 g/mol. The number of hydrogen-bond acceptors (Lipinski definition) is 15. The first-order valence-electron chi connectivity index (χ1n) is 17.0. The molecule has 0 aromatic heterocycles. The van der Waals surface area contributed by atoms with E-state index in [-0.39, 0.29) is 65.6 Å². The highest BCUT2D eigenvalue weighted by Gasteiger charge is 2.36. The van der Waals surface area contributed by atoms with E-state index in [1.165, 1.54) is 69.6 Å². The lowest BCUT2D eigenvalue weighted by Crippen LogP contribution is -2.43. The van der Waals surface area contributed by atoms with Gasteiger partial charge in [-0.2, -0.15) is 10.5 Å². The van der Waals surface area contributed by atoms with Crippen molar-refractivity contribution in [3.05, 3.63) is 36.4 Å². The molecule has 4 amide bonds. The number of primary amides is 1. The zero-order valence-corrected chi connectivity index (χ0v) is 33.2. The van der Waals surface area contributed by atoms with Crippen molar-refractivity contribution in [2.24, 2.45) is 5.73 Å². The molecule has 308 valence electrons. The lowest BCUT2D eigenvalue weighted by Gasteiger charge is -2.18. The van der Waals surface area contributed by atoms with Gasteiger partial charge in [-0.05, 0) is 37.1 Å². The lowest BCUT2D eigenvalue weighted by molar-refractivity contribution is 0.195. The first-order chi connectivity index (χ1) is 26.6. The van der Waals surface area contributed by atoms with E-state index in [0.717, 1.165) is 0 Å². The minimum absolute atomic E-state index is 0.0491. The molecule has 2 heterocycles. The minimum atomic E-state index is -3.92. The highest BCUT2D eigenvalue weighted by Crippen LogP contribution is 2.30. The molecule has 4 atom stereocenters. The van der Waals surface area contributed by atoms with Crippen LogP contribution in [0.2, 0.25) is 0 Å². The molecule has 0 bridgehead atoms.